The first-order valence-electron chi connectivity index (χ1n) is 7.49. The number of aromatic nitrogens is 1. The molecule has 2 N–H and O–H groups in total. The number of nitrogens with zero attached hydrogens (tertiary/aromatic N) is 2. The highest BCUT2D eigenvalue weighted by Gasteiger charge is 2.44. The molecule has 7 nitrogen and oxygen atoms in total. The number of fused-ring (bicyclic) bond motifs is 1. The molecule has 2 aromatic rings. The lowest BCUT2D eigenvalue weighted by atomic mass is 10.00. The van der Waals surface area contributed by atoms with Crippen molar-refractivity contribution < 1.29 is 14.3 Å². The zero-order valence-corrected chi connectivity index (χ0v) is 15.4. The monoisotopic (exact) mass is 406 g/mol. The molecule has 0 saturated carbocycles. The molecule has 1 aromatic carbocycles. The summed E-state index contributed by atoms with van der Waals surface area (Å²) in [7, 11) is 0. The van der Waals surface area contributed by atoms with Crippen molar-refractivity contribution in [3.63, 3.8) is 0 Å². The fourth-order valence-corrected chi connectivity index (χ4v) is 3.89. The Hall–Kier alpha value is -2.49. The highest BCUT2D eigenvalue weighted by atomic mass is 35.5. The molecule has 0 aliphatic carbocycles. The Morgan fingerprint density at radius 2 is 2.31 bits per heavy atom. The van der Waals surface area contributed by atoms with Gasteiger partial charge in [0.25, 0.3) is 11.8 Å². The third-order valence-electron chi connectivity index (χ3n) is 4.00. The summed E-state index contributed by atoms with van der Waals surface area (Å²) in [6.07, 6.45) is 2.47. The summed E-state index contributed by atoms with van der Waals surface area (Å²) < 4.78 is 5.63. The van der Waals surface area contributed by atoms with Crippen molar-refractivity contribution in [2.45, 2.75) is 12.1 Å². The molecule has 1 saturated heterocycles. The van der Waals surface area contributed by atoms with Crippen LogP contribution >= 0.6 is 35.2 Å². The summed E-state index contributed by atoms with van der Waals surface area (Å²) in [5, 5.41) is 7.70. The summed E-state index contributed by atoms with van der Waals surface area (Å²) >= 11 is 12.9. The van der Waals surface area contributed by atoms with E-state index in [2.05, 4.69) is 15.6 Å². The molecular weight excluding hydrogens is 396 g/mol. The maximum Gasteiger partial charge on any atom is 0.275 e. The number of amides is 2. The number of halogens is 1. The molecule has 4 rings (SSSR count). The fourth-order valence-electron chi connectivity index (χ4n) is 2.80. The molecule has 0 bridgehead atoms. The van der Waals surface area contributed by atoms with Crippen molar-refractivity contribution >= 4 is 57.8 Å². The van der Waals surface area contributed by atoms with Gasteiger partial charge in [0.2, 0.25) is 0 Å². The molecule has 2 amide bonds. The summed E-state index contributed by atoms with van der Waals surface area (Å²) in [4.78, 5) is 29.9. The van der Waals surface area contributed by atoms with Gasteiger partial charge in [-0.25, -0.2) is 4.98 Å². The van der Waals surface area contributed by atoms with E-state index in [4.69, 9.17) is 28.6 Å². The highest BCUT2D eigenvalue weighted by Crippen LogP contribution is 2.36. The van der Waals surface area contributed by atoms with Crippen LogP contribution in [0.4, 0.5) is 5.69 Å². The topological polar surface area (TPSA) is 83.6 Å². The van der Waals surface area contributed by atoms with Gasteiger partial charge in [-0.2, -0.15) is 0 Å². The van der Waals surface area contributed by atoms with Crippen LogP contribution < -0.4 is 10.6 Å². The molecule has 3 heterocycles. The largest absolute Gasteiger partial charge is 0.489 e. The van der Waals surface area contributed by atoms with Crippen LogP contribution in [0.15, 0.2) is 41.6 Å². The number of benzene rings is 1. The van der Waals surface area contributed by atoms with Gasteiger partial charge in [-0.1, -0.05) is 17.7 Å². The second-order valence-corrected chi connectivity index (χ2v) is 7.07. The van der Waals surface area contributed by atoms with E-state index in [-0.39, 0.29) is 11.8 Å². The summed E-state index contributed by atoms with van der Waals surface area (Å²) in [6, 6.07) is 4.40. The molecule has 2 aliphatic heterocycles. The van der Waals surface area contributed by atoms with Crippen LogP contribution in [0.5, 0.6) is 0 Å². The average molecular weight is 407 g/mol. The van der Waals surface area contributed by atoms with Gasteiger partial charge in [-0.3, -0.25) is 9.59 Å². The third kappa shape index (κ3) is 2.94. The zero-order chi connectivity index (χ0) is 18.3. The number of thiocarbonyl (C=S) groups is 1. The smallest absolute Gasteiger partial charge is 0.275 e. The minimum atomic E-state index is -0.625. The molecule has 2 unspecified atom stereocenters. The van der Waals surface area contributed by atoms with E-state index in [1.54, 1.807) is 40.2 Å². The van der Waals surface area contributed by atoms with E-state index in [9.17, 15) is 9.59 Å². The molecule has 0 spiro atoms. The number of rotatable bonds is 3. The van der Waals surface area contributed by atoms with Crippen LogP contribution in [0.2, 0.25) is 5.02 Å². The number of hydrogen-bond donors (Lipinski definition) is 2. The maximum absolute atomic E-state index is 12.2. The van der Waals surface area contributed by atoms with E-state index in [0.717, 1.165) is 0 Å². The van der Waals surface area contributed by atoms with E-state index in [1.807, 2.05) is 0 Å². The highest BCUT2D eigenvalue weighted by molar-refractivity contribution is 7.80. The summed E-state index contributed by atoms with van der Waals surface area (Å²) in [5.74, 6) is -0.570. The van der Waals surface area contributed by atoms with Crippen LogP contribution in [0.25, 0.3) is 0 Å². The molecule has 0 radical (unpaired) electrons. The van der Waals surface area contributed by atoms with Crippen LogP contribution in [-0.2, 0) is 9.53 Å². The molecule has 2 atom stereocenters. The molecular formula is C16H11ClN4O3S2. The summed E-state index contributed by atoms with van der Waals surface area (Å²) in [5.41, 5.74) is 3.06. The van der Waals surface area contributed by atoms with Gasteiger partial charge in [-0.05, 0) is 24.4 Å². The number of anilines is 1. The van der Waals surface area contributed by atoms with E-state index >= 15 is 0 Å². The molecule has 132 valence electrons. The Labute approximate surface area is 162 Å². The Morgan fingerprint density at radius 3 is 3.04 bits per heavy atom. The minimum Gasteiger partial charge on any atom is -0.489 e. The predicted molar refractivity (Wildman–Crippen MR) is 101 cm³/mol. The molecule has 2 aliphatic rings. The predicted octanol–water partition coefficient (Wildman–Crippen LogP) is 2.68. The van der Waals surface area contributed by atoms with Gasteiger partial charge in [0, 0.05) is 27.9 Å². The number of hydrogen-bond acceptors (Lipinski definition) is 6. The Morgan fingerprint density at radius 1 is 1.46 bits per heavy atom. The maximum atomic E-state index is 12.2. The van der Waals surface area contributed by atoms with Gasteiger partial charge < -0.3 is 20.3 Å². The number of carbonyl (C=O) groups excluding carboxylic acids is 2. The van der Waals surface area contributed by atoms with Crippen molar-refractivity contribution in [1.82, 2.24) is 15.2 Å². The SMILES string of the molecule is O=C(Nc1ccc(C2OC=CN3C(=S)NC(=O)C23)c(Cl)c1)c1cscn1. The van der Waals surface area contributed by atoms with Gasteiger partial charge in [-0.15, -0.1) is 11.3 Å². The van der Waals surface area contributed by atoms with Gasteiger partial charge >= 0.3 is 0 Å². The first-order valence-corrected chi connectivity index (χ1v) is 9.22. The van der Waals surface area contributed by atoms with Crippen molar-refractivity contribution in [3.8, 4) is 0 Å². The van der Waals surface area contributed by atoms with Gasteiger partial charge in [0.05, 0.1) is 5.51 Å². The second kappa shape index (κ2) is 6.67. The lowest BCUT2D eigenvalue weighted by Gasteiger charge is -2.31. The Kier molecular flexibility index (Phi) is 4.35. The molecule has 26 heavy (non-hydrogen) atoms. The fraction of sp³-hybridized carbons (Fsp3) is 0.125. The van der Waals surface area contributed by atoms with Crippen LogP contribution in [-0.4, -0.2) is 32.9 Å². The lowest BCUT2D eigenvalue weighted by molar-refractivity contribution is -0.125. The van der Waals surface area contributed by atoms with Crippen molar-refractivity contribution in [2.24, 2.45) is 0 Å². The number of carbonyl (C=O) groups is 2. The standard InChI is InChI=1S/C16H11ClN4O3S2/c17-10-5-8(19-14(22)11-6-26-7-18-11)1-2-9(10)13-12-15(23)20-16(25)21(12)3-4-24-13/h1-7,12-13H,(H,19,22)(H,20,23,25). The lowest BCUT2D eigenvalue weighted by Crippen LogP contribution is -2.39. The Balaban J connectivity index is 1.58. The number of thiazole rings is 1. The quantitative estimate of drug-likeness (QED) is 0.762. The molecule has 1 aromatic heterocycles. The van der Waals surface area contributed by atoms with Crippen LogP contribution in [0.1, 0.15) is 22.2 Å². The van der Waals surface area contributed by atoms with Crippen molar-refractivity contribution in [2.75, 3.05) is 5.32 Å². The van der Waals surface area contributed by atoms with Gasteiger partial charge in [0.1, 0.15) is 12.0 Å². The third-order valence-corrected chi connectivity index (χ3v) is 5.22. The van der Waals surface area contributed by atoms with Gasteiger partial charge in [0.15, 0.2) is 17.3 Å². The van der Waals surface area contributed by atoms with E-state index in [1.165, 1.54) is 17.6 Å². The Bertz CT molecular complexity index is 932. The molecule has 1 fully saturated rings. The second-order valence-electron chi connectivity index (χ2n) is 5.55. The van der Waals surface area contributed by atoms with Crippen LogP contribution in [0, 0.1) is 0 Å². The normalized spacial score (nSPS) is 21.2. The van der Waals surface area contributed by atoms with E-state index in [0.29, 0.717) is 27.1 Å². The average Bonchev–Trinajstić information content (AvgIpc) is 3.24. The summed E-state index contributed by atoms with van der Waals surface area (Å²) in [6.45, 7) is 0. The number of nitrogens with one attached hydrogen (secondary N) is 2. The van der Waals surface area contributed by atoms with Crippen LogP contribution in [0.3, 0.4) is 0 Å². The van der Waals surface area contributed by atoms with Crippen molar-refractivity contribution in [3.05, 3.63) is 57.8 Å². The van der Waals surface area contributed by atoms with Crippen molar-refractivity contribution in [1.29, 1.82) is 0 Å². The number of ether oxygens (including phenoxy) is 1. The molecule has 10 heteroatoms. The minimum absolute atomic E-state index is 0.249. The first-order chi connectivity index (χ1) is 12.5. The van der Waals surface area contributed by atoms with E-state index < -0.39 is 12.1 Å². The zero-order valence-electron chi connectivity index (χ0n) is 13.0. The first kappa shape index (κ1) is 17.0.